The van der Waals surface area contributed by atoms with Crippen LogP contribution in [0.15, 0.2) is 84.1 Å². The van der Waals surface area contributed by atoms with E-state index < -0.39 is 42.9 Å². The number of aliphatic hydroxyl groups is 1. The van der Waals surface area contributed by atoms with Crippen molar-refractivity contribution in [2.45, 2.75) is 107 Å². The molecule has 2 aliphatic carbocycles. The van der Waals surface area contributed by atoms with Crippen LogP contribution in [0.5, 0.6) is 29.0 Å². The summed E-state index contributed by atoms with van der Waals surface area (Å²) in [6, 6.07) is 18.5. The third-order valence-electron chi connectivity index (χ3n) is 16.7. The lowest BCUT2D eigenvalue weighted by atomic mass is 9.59. The summed E-state index contributed by atoms with van der Waals surface area (Å²) < 4.78 is 67.7. The number of ether oxygens (including phenoxy) is 4. The Hall–Kier alpha value is -7.14. The molecule has 2 saturated carbocycles. The number of aromatic nitrogens is 4. The molecule has 4 aliphatic rings. The van der Waals surface area contributed by atoms with Gasteiger partial charge < -0.3 is 39.3 Å². The molecule has 22 heteroatoms. The number of hydrogen-bond donors (Lipinski definition) is 4. The molecular weight excluding hydrogens is 1040 g/mol. The highest BCUT2D eigenvalue weighted by atomic mass is 32.2. The van der Waals surface area contributed by atoms with Crippen LogP contribution in [0.2, 0.25) is 0 Å². The van der Waals surface area contributed by atoms with E-state index in [2.05, 4.69) is 82.8 Å². The van der Waals surface area contributed by atoms with Gasteiger partial charge in [0.1, 0.15) is 22.1 Å². The minimum absolute atomic E-state index is 0.0211. The lowest BCUT2D eigenvalue weighted by molar-refractivity contribution is -0.384. The highest BCUT2D eigenvalue weighted by molar-refractivity contribution is 7.90. The number of sulfonamides is 1. The molecule has 6 heterocycles. The van der Waals surface area contributed by atoms with E-state index in [9.17, 15) is 32.8 Å². The minimum atomic E-state index is -4.75. The van der Waals surface area contributed by atoms with E-state index in [1.165, 1.54) is 30.4 Å². The van der Waals surface area contributed by atoms with Gasteiger partial charge in [-0.1, -0.05) is 38.1 Å². The number of aromatic amines is 1. The molecule has 420 valence electrons. The first-order valence-electron chi connectivity index (χ1n) is 27.0. The number of nitro groups is 1. The number of pyridine rings is 3. The van der Waals surface area contributed by atoms with Gasteiger partial charge in [-0.2, -0.15) is 4.98 Å². The number of piperidine rings is 1. The number of benzene rings is 2. The zero-order valence-corrected chi connectivity index (χ0v) is 46.3. The van der Waals surface area contributed by atoms with Gasteiger partial charge in [0.2, 0.25) is 5.82 Å². The van der Waals surface area contributed by atoms with Crippen molar-refractivity contribution in [3.05, 3.63) is 117 Å². The molecule has 4 fully saturated rings. The summed E-state index contributed by atoms with van der Waals surface area (Å²) in [5.74, 6) is -0.361. The van der Waals surface area contributed by atoms with Crippen molar-refractivity contribution in [2.24, 2.45) is 11.3 Å². The van der Waals surface area contributed by atoms with E-state index >= 15 is 0 Å². The number of H-pyrrole nitrogens is 1. The second-order valence-corrected chi connectivity index (χ2v) is 23.9. The van der Waals surface area contributed by atoms with Crippen LogP contribution < -0.4 is 33.9 Å². The van der Waals surface area contributed by atoms with Crippen molar-refractivity contribution >= 4 is 44.2 Å². The van der Waals surface area contributed by atoms with Crippen LogP contribution in [0.3, 0.4) is 0 Å². The van der Waals surface area contributed by atoms with Crippen molar-refractivity contribution < 1.29 is 46.6 Å². The summed E-state index contributed by atoms with van der Waals surface area (Å²) in [5, 5.41) is 25.7. The predicted octanol–water partition coefficient (Wildman–Crippen LogP) is 9.12. The van der Waals surface area contributed by atoms with Gasteiger partial charge in [0.15, 0.2) is 11.5 Å². The van der Waals surface area contributed by atoms with Crippen molar-refractivity contribution in [3.8, 4) is 29.0 Å². The number of amides is 1. The molecule has 20 nitrogen and oxygen atoms in total. The van der Waals surface area contributed by atoms with Crippen LogP contribution in [-0.4, -0.2) is 126 Å². The standard InChI is InChI=1S/C57H69FN10O10S/c1-35(2)41-9-7-8-10-42(41)47-34-65(33-37-23-49(75-4)54(76-5)62-30-37)21-22-67(47)39-27-57(28-39)17-19-66(20-18-57)38-11-12-43(48(24-38)78-50-26-44-45(58)32-61-51(44)63-55(50)77-6)53(69)64-79(73,74)40-25-46(68(71)72)52(60-31-40)59-29-36-13-15-56(3,70)16-14-36/h7-12,23-26,30-32,35-36,39,47,70H,13-22,27-29,33-34H2,1-6H3,(H,59,60)(H,61,63)(H,64,69)/t36?,47-,56?/m0/s1. The quantitative estimate of drug-likeness (QED) is 0.0463. The smallest absolute Gasteiger partial charge is 0.312 e. The Bertz CT molecular complexity index is 3330. The van der Waals surface area contributed by atoms with E-state index in [1.54, 1.807) is 33.3 Å². The van der Waals surface area contributed by atoms with Gasteiger partial charge in [0.05, 0.1) is 49.0 Å². The summed E-state index contributed by atoms with van der Waals surface area (Å²) in [5.41, 5.74) is 3.32. The average Bonchev–Trinajstić information content (AvgIpc) is 3.99. The first-order valence-corrected chi connectivity index (χ1v) is 28.4. The molecular formula is C57H69FN10O10S. The van der Waals surface area contributed by atoms with Crippen LogP contribution in [0.1, 0.15) is 111 Å². The van der Waals surface area contributed by atoms with E-state index in [0.29, 0.717) is 74.6 Å². The molecule has 10 rings (SSSR count). The van der Waals surface area contributed by atoms with Crippen LogP contribution in [0.25, 0.3) is 11.0 Å². The maximum absolute atomic E-state index is 14.9. The number of fused-ring (bicyclic) bond motifs is 1. The Morgan fingerprint density at radius 2 is 1.67 bits per heavy atom. The lowest BCUT2D eigenvalue weighted by Crippen LogP contribution is -2.60. The van der Waals surface area contributed by atoms with E-state index in [-0.39, 0.29) is 57.2 Å². The molecule has 79 heavy (non-hydrogen) atoms. The third kappa shape index (κ3) is 11.8. The number of methoxy groups -OCH3 is 3. The fraction of sp³-hybridized carbons (Fsp3) is 0.474. The maximum atomic E-state index is 14.9. The van der Waals surface area contributed by atoms with Gasteiger partial charge in [0.25, 0.3) is 27.7 Å². The van der Waals surface area contributed by atoms with E-state index in [1.807, 2.05) is 12.3 Å². The average molecular weight is 1110 g/mol. The summed E-state index contributed by atoms with van der Waals surface area (Å²) in [6.45, 7) is 11.5. The SMILES string of the molecule is COc1cc(CN2CCN(C3CC4(CCN(c5ccc(C(=O)NS(=O)(=O)c6cnc(NCC7CCC(C)(O)CC7)c([N+](=O)[O-])c6)c(Oc6cc7c(F)c[nH]c7nc6OC)c5)CC4)C3)[C@H](c3ccccc3C(C)C)C2)cnc1OC. The Labute approximate surface area is 459 Å². The fourth-order valence-corrected chi connectivity index (χ4v) is 13.1. The number of anilines is 2. The molecule has 4 N–H and O–H groups in total. The van der Waals surface area contributed by atoms with Gasteiger partial charge in [-0.05, 0) is 110 Å². The van der Waals surface area contributed by atoms with Crippen molar-refractivity contribution in [1.82, 2.24) is 34.5 Å². The molecule has 2 aliphatic heterocycles. The second kappa shape index (κ2) is 22.5. The number of rotatable bonds is 18. The van der Waals surface area contributed by atoms with Gasteiger partial charge in [0, 0.05) is 94.2 Å². The van der Waals surface area contributed by atoms with Gasteiger partial charge in [-0.25, -0.2) is 27.5 Å². The normalized spacial score (nSPS) is 20.9. The van der Waals surface area contributed by atoms with Crippen LogP contribution >= 0.6 is 0 Å². The minimum Gasteiger partial charge on any atom is -0.491 e. The third-order valence-corrected chi connectivity index (χ3v) is 18.0. The highest BCUT2D eigenvalue weighted by Gasteiger charge is 2.50. The topological polar surface area (TPSA) is 240 Å². The molecule has 0 bridgehead atoms. The maximum Gasteiger partial charge on any atom is 0.312 e. The Kier molecular flexibility index (Phi) is 15.7. The lowest BCUT2D eigenvalue weighted by Gasteiger charge is -2.58. The van der Waals surface area contributed by atoms with Crippen LogP contribution in [-0.2, 0) is 16.6 Å². The first kappa shape index (κ1) is 55.2. The molecule has 4 aromatic heterocycles. The van der Waals surface area contributed by atoms with E-state index in [4.69, 9.17) is 18.9 Å². The molecule has 1 amide bonds. The summed E-state index contributed by atoms with van der Waals surface area (Å²) >= 11 is 0. The molecule has 1 atom stereocenters. The largest absolute Gasteiger partial charge is 0.491 e. The van der Waals surface area contributed by atoms with Crippen molar-refractivity contribution in [1.29, 1.82) is 0 Å². The van der Waals surface area contributed by atoms with Gasteiger partial charge in [-0.15, -0.1) is 0 Å². The highest BCUT2D eigenvalue weighted by Crippen LogP contribution is 2.54. The Morgan fingerprint density at radius 1 is 0.924 bits per heavy atom. The number of carbonyl (C=O) groups excluding carboxylic acids is 1. The summed E-state index contributed by atoms with van der Waals surface area (Å²) in [4.78, 5) is 48.3. The van der Waals surface area contributed by atoms with Crippen LogP contribution in [0.4, 0.5) is 21.6 Å². The monoisotopic (exact) mass is 1100 g/mol. The number of hydrogen-bond acceptors (Lipinski definition) is 17. The Morgan fingerprint density at radius 3 is 2.38 bits per heavy atom. The number of halogens is 1. The molecule has 2 saturated heterocycles. The number of piperazine rings is 1. The Balaban J connectivity index is 0.856. The zero-order chi connectivity index (χ0) is 55.8. The summed E-state index contributed by atoms with van der Waals surface area (Å²) in [6.07, 6.45) is 10.5. The van der Waals surface area contributed by atoms with Crippen LogP contribution in [0, 0.1) is 27.3 Å². The first-order chi connectivity index (χ1) is 37.8. The molecule has 0 radical (unpaired) electrons. The molecule has 6 aromatic rings. The number of nitrogens with one attached hydrogen (secondary N) is 3. The van der Waals surface area contributed by atoms with Crippen molar-refractivity contribution in [3.63, 3.8) is 0 Å². The fourth-order valence-electron chi connectivity index (χ4n) is 12.1. The van der Waals surface area contributed by atoms with Gasteiger partial charge >= 0.3 is 5.69 Å². The predicted molar refractivity (Wildman–Crippen MR) is 295 cm³/mol. The van der Waals surface area contributed by atoms with E-state index in [0.717, 1.165) is 75.9 Å². The number of carbonyl (C=O) groups is 1. The number of nitrogens with zero attached hydrogens (tertiary/aromatic N) is 7. The molecule has 2 aromatic carbocycles. The summed E-state index contributed by atoms with van der Waals surface area (Å²) in [7, 11) is -0.172. The van der Waals surface area contributed by atoms with Gasteiger partial charge in [-0.3, -0.25) is 24.7 Å². The molecule has 0 unspecified atom stereocenters. The molecule has 1 spiro atoms. The zero-order valence-electron chi connectivity index (χ0n) is 45.5. The second-order valence-electron chi connectivity index (χ2n) is 22.2. The van der Waals surface area contributed by atoms with Crippen molar-refractivity contribution in [2.75, 3.05) is 70.8 Å².